The fourth-order valence-corrected chi connectivity index (χ4v) is 1.92. The zero-order chi connectivity index (χ0) is 16.2. The maximum atomic E-state index is 11.9. The molecule has 0 saturated carbocycles. The summed E-state index contributed by atoms with van der Waals surface area (Å²) in [6.07, 6.45) is 5.96. The first kappa shape index (κ1) is 18.1. The molecule has 0 aliphatic carbocycles. The summed E-state index contributed by atoms with van der Waals surface area (Å²) in [6, 6.07) is 7.26. The van der Waals surface area contributed by atoms with Crippen molar-refractivity contribution in [2.45, 2.75) is 13.3 Å². The molecule has 3 N–H and O–H groups in total. The van der Waals surface area contributed by atoms with Gasteiger partial charge in [0.2, 0.25) is 0 Å². The number of nitrogens with zero attached hydrogens (tertiary/aromatic N) is 1. The summed E-state index contributed by atoms with van der Waals surface area (Å²) in [4.78, 5) is 16.3. The second kappa shape index (κ2) is 10.7. The number of benzene rings is 1. The number of aliphatic imine (C=N–C) groups is 1. The molecule has 0 atom stereocenters. The molecule has 1 aromatic rings. The summed E-state index contributed by atoms with van der Waals surface area (Å²) in [5.74, 6) is 3.12. The average molecular weight is 365 g/mol. The maximum Gasteiger partial charge on any atom is 0.251 e. The van der Waals surface area contributed by atoms with Crippen molar-refractivity contribution in [1.82, 2.24) is 16.0 Å². The number of carbonyl (C=O) groups excluding carboxylic acids is 1. The Labute approximate surface area is 140 Å². The highest BCUT2D eigenvalue weighted by molar-refractivity contribution is 9.10. The lowest BCUT2D eigenvalue weighted by Gasteiger charge is -2.09. The number of terminal acetylenes is 1. The van der Waals surface area contributed by atoms with Crippen molar-refractivity contribution in [2.24, 2.45) is 4.99 Å². The van der Waals surface area contributed by atoms with E-state index in [-0.39, 0.29) is 5.91 Å². The molecule has 0 bridgehead atoms. The number of halogens is 1. The number of amides is 1. The molecule has 1 amide bonds. The van der Waals surface area contributed by atoms with Crippen molar-refractivity contribution in [3.63, 3.8) is 0 Å². The Morgan fingerprint density at radius 3 is 2.64 bits per heavy atom. The second-order valence-electron chi connectivity index (χ2n) is 4.43. The molecule has 0 radical (unpaired) electrons. The third-order valence-corrected chi connectivity index (χ3v) is 3.23. The quantitative estimate of drug-likeness (QED) is 0.299. The number of carbonyl (C=O) groups is 1. The van der Waals surface area contributed by atoms with Crippen LogP contribution in [-0.4, -0.2) is 38.0 Å². The minimum atomic E-state index is -0.0751. The minimum Gasteiger partial charge on any atom is -0.357 e. The molecule has 0 aliphatic heterocycles. The molecular formula is C16H21BrN4O. The van der Waals surface area contributed by atoms with Crippen LogP contribution in [0.4, 0.5) is 0 Å². The van der Waals surface area contributed by atoms with E-state index < -0.39 is 0 Å². The van der Waals surface area contributed by atoms with Gasteiger partial charge in [-0.1, -0.05) is 21.9 Å². The molecule has 5 nitrogen and oxygen atoms in total. The summed E-state index contributed by atoms with van der Waals surface area (Å²) < 4.78 is 0.953. The Morgan fingerprint density at radius 1 is 1.27 bits per heavy atom. The van der Waals surface area contributed by atoms with Crippen LogP contribution in [0.5, 0.6) is 0 Å². The highest BCUT2D eigenvalue weighted by Crippen LogP contribution is 2.10. The number of guanidine groups is 1. The first-order chi connectivity index (χ1) is 10.7. The summed E-state index contributed by atoms with van der Waals surface area (Å²) in [6.45, 7) is 4.39. The molecule has 118 valence electrons. The van der Waals surface area contributed by atoms with Gasteiger partial charge in [-0.25, -0.2) is 0 Å². The highest BCUT2D eigenvalue weighted by atomic mass is 79.9. The van der Waals surface area contributed by atoms with Crippen LogP contribution in [0, 0.1) is 12.3 Å². The molecule has 0 aliphatic rings. The summed E-state index contributed by atoms with van der Waals surface area (Å²) in [5.41, 5.74) is 0.649. The SMILES string of the molecule is C#CCNC(=NCCCNC(=O)c1ccc(Br)cc1)NCC. The van der Waals surface area contributed by atoms with Gasteiger partial charge in [-0.05, 0) is 37.6 Å². The van der Waals surface area contributed by atoms with Crippen LogP contribution < -0.4 is 16.0 Å². The van der Waals surface area contributed by atoms with Crippen molar-refractivity contribution in [3.8, 4) is 12.3 Å². The molecule has 1 aromatic carbocycles. The molecule has 6 heteroatoms. The van der Waals surface area contributed by atoms with Crippen LogP contribution in [-0.2, 0) is 0 Å². The molecule has 0 aromatic heterocycles. The fraction of sp³-hybridized carbons (Fsp3) is 0.375. The van der Waals surface area contributed by atoms with Gasteiger partial charge >= 0.3 is 0 Å². The zero-order valence-corrected chi connectivity index (χ0v) is 14.2. The lowest BCUT2D eigenvalue weighted by molar-refractivity contribution is 0.0953. The van der Waals surface area contributed by atoms with Crippen molar-refractivity contribution in [1.29, 1.82) is 0 Å². The number of nitrogens with one attached hydrogen (secondary N) is 3. The minimum absolute atomic E-state index is 0.0751. The van der Waals surface area contributed by atoms with Crippen LogP contribution in [0.25, 0.3) is 0 Å². The predicted molar refractivity (Wildman–Crippen MR) is 93.9 cm³/mol. The molecule has 22 heavy (non-hydrogen) atoms. The van der Waals surface area contributed by atoms with Gasteiger partial charge in [0.15, 0.2) is 5.96 Å². The van der Waals surface area contributed by atoms with E-state index in [0.717, 1.165) is 17.4 Å². The second-order valence-corrected chi connectivity index (χ2v) is 5.35. The molecule has 0 unspecified atom stereocenters. The first-order valence-electron chi connectivity index (χ1n) is 7.16. The summed E-state index contributed by atoms with van der Waals surface area (Å²) in [5, 5.41) is 8.98. The third kappa shape index (κ3) is 7.14. The van der Waals surface area contributed by atoms with E-state index >= 15 is 0 Å². The Hall–Kier alpha value is -2.00. The Morgan fingerprint density at radius 2 is 2.00 bits per heavy atom. The van der Waals surface area contributed by atoms with Crippen LogP contribution in [0.2, 0.25) is 0 Å². The van der Waals surface area contributed by atoms with Gasteiger partial charge in [-0.3, -0.25) is 9.79 Å². The lowest BCUT2D eigenvalue weighted by atomic mass is 10.2. The number of hydrogen-bond acceptors (Lipinski definition) is 2. The largest absolute Gasteiger partial charge is 0.357 e. The monoisotopic (exact) mass is 364 g/mol. The van der Waals surface area contributed by atoms with E-state index in [1.165, 1.54) is 0 Å². The van der Waals surface area contributed by atoms with Crippen LogP contribution >= 0.6 is 15.9 Å². The predicted octanol–water partition coefficient (Wildman–Crippen LogP) is 1.76. The zero-order valence-electron chi connectivity index (χ0n) is 12.7. The van der Waals surface area contributed by atoms with E-state index in [1.54, 1.807) is 12.1 Å². The van der Waals surface area contributed by atoms with E-state index in [4.69, 9.17) is 6.42 Å². The van der Waals surface area contributed by atoms with Crippen molar-refractivity contribution in [3.05, 3.63) is 34.3 Å². The molecular weight excluding hydrogens is 344 g/mol. The number of hydrogen-bond donors (Lipinski definition) is 3. The van der Waals surface area contributed by atoms with E-state index in [2.05, 4.69) is 42.8 Å². The van der Waals surface area contributed by atoms with Gasteiger partial charge in [0.1, 0.15) is 0 Å². The molecule has 0 heterocycles. The normalized spacial score (nSPS) is 10.7. The number of rotatable bonds is 7. The standard InChI is InChI=1S/C16H21BrN4O/c1-3-10-20-16(18-4-2)21-12-5-11-19-15(22)13-6-8-14(17)9-7-13/h1,6-9H,4-5,10-12H2,2H3,(H,19,22)(H2,18,20,21). The average Bonchev–Trinajstić information content (AvgIpc) is 2.52. The molecule has 0 spiro atoms. The molecule has 1 rings (SSSR count). The lowest BCUT2D eigenvalue weighted by Crippen LogP contribution is -2.37. The Balaban J connectivity index is 2.30. The van der Waals surface area contributed by atoms with Gasteiger partial charge in [0.25, 0.3) is 5.91 Å². The smallest absolute Gasteiger partial charge is 0.251 e. The topological polar surface area (TPSA) is 65.5 Å². The third-order valence-electron chi connectivity index (χ3n) is 2.70. The van der Waals surface area contributed by atoms with Gasteiger partial charge < -0.3 is 16.0 Å². The van der Waals surface area contributed by atoms with Crippen LogP contribution in [0.3, 0.4) is 0 Å². The van der Waals surface area contributed by atoms with E-state index in [1.807, 2.05) is 19.1 Å². The maximum absolute atomic E-state index is 11.9. The van der Waals surface area contributed by atoms with Gasteiger partial charge in [-0.2, -0.15) is 0 Å². The van der Waals surface area contributed by atoms with Gasteiger partial charge in [-0.15, -0.1) is 6.42 Å². The highest BCUT2D eigenvalue weighted by Gasteiger charge is 2.03. The van der Waals surface area contributed by atoms with Crippen LogP contribution in [0.1, 0.15) is 23.7 Å². The Kier molecular flexibility index (Phi) is 8.77. The van der Waals surface area contributed by atoms with E-state index in [9.17, 15) is 4.79 Å². The summed E-state index contributed by atoms with van der Waals surface area (Å²) >= 11 is 3.34. The van der Waals surface area contributed by atoms with Crippen LogP contribution in [0.15, 0.2) is 33.7 Å². The fourth-order valence-electron chi connectivity index (χ4n) is 1.65. The van der Waals surface area contributed by atoms with Gasteiger partial charge in [0, 0.05) is 29.7 Å². The van der Waals surface area contributed by atoms with Crippen molar-refractivity contribution < 1.29 is 4.79 Å². The summed E-state index contributed by atoms with van der Waals surface area (Å²) in [7, 11) is 0. The van der Waals surface area contributed by atoms with Crippen molar-refractivity contribution in [2.75, 3.05) is 26.2 Å². The van der Waals surface area contributed by atoms with Gasteiger partial charge in [0.05, 0.1) is 6.54 Å². The molecule has 0 saturated heterocycles. The van der Waals surface area contributed by atoms with E-state index in [0.29, 0.717) is 31.2 Å². The first-order valence-corrected chi connectivity index (χ1v) is 7.96. The Bertz CT molecular complexity index is 534. The van der Waals surface area contributed by atoms with Crippen molar-refractivity contribution >= 4 is 27.8 Å². The molecule has 0 fully saturated rings.